The van der Waals surface area contributed by atoms with Crippen LogP contribution in [0.5, 0.6) is 0 Å². The number of benzene rings is 1. The minimum atomic E-state index is -0.346. The average molecular weight is 361 g/mol. The van der Waals surface area contributed by atoms with Gasteiger partial charge in [-0.05, 0) is 38.2 Å². The van der Waals surface area contributed by atoms with E-state index in [2.05, 4.69) is 5.32 Å². The third-order valence-corrected chi connectivity index (χ3v) is 4.98. The maximum absolute atomic E-state index is 12.3. The van der Waals surface area contributed by atoms with Crippen molar-refractivity contribution < 1.29 is 19.1 Å². The highest BCUT2D eigenvalue weighted by atomic mass is 16.5. The molecule has 1 fully saturated rings. The van der Waals surface area contributed by atoms with Crippen LogP contribution < -0.4 is 5.32 Å². The molecule has 1 aliphatic carbocycles. The SMILES string of the molecule is CCOC(=O)CCCCC1(NC(=O)OCc2ccccc2)CCCCC1. The lowest BCUT2D eigenvalue weighted by molar-refractivity contribution is -0.143. The zero-order valence-corrected chi connectivity index (χ0v) is 15.8. The predicted octanol–water partition coefficient (Wildman–Crippen LogP) is 4.74. The van der Waals surface area contributed by atoms with E-state index in [1.807, 2.05) is 37.3 Å². The van der Waals surface area contributed by atoms with Gasteiger partial charge in [-0.25, -0.2) is 4.79 Å². The van der Waals surface area contributed by atoms with E-state index in [9.17, 15) is 9.59 Å². The number of hydrogen-bond donors (Lipinski definition) is 1. The number of unbranched alkanes of at least 4 members (excludes halogenated alkanes) is 1. The van der Waals surface area contributed by atoms with Gasteiger partial charge in [0, 0.05) is 12.0 Å². The third kappa shape index (κ3) is 7.06. The molecule has 0 atom stereocenters. The first-order valence-corrected chi connectivity index (χ1v) is 9.78. The lowest BCUT2D eigenvalue weighted by atomic mass is 9.78. The first-order chi connectivity index (χ1) is 12.6. The molecule has 1 aromatic carbocycles. The van der Waals surface area contributed by atoms with Crippen LogP contribution in [0, 0.1) is 0 Å². The van der Waals surface area contributed by atoms with E-state index >= 15 is 0 Å². The van der Waals surface area contributed by atoms with Gasteiger partial charge in [0.15, 0.2) is 0 Å². The van der Waals surface area contributed by atoms with Crippen molar-refractivity contribution >= 4 is 12.1 Å². The van der Waals surface area contributed by atoms with Crippen molar-refractivity contribution in [1.29, 1.82) is 0 Å². The standard InChI is InChI=1S/C21H31NO4/c1-2-25-19(23)13-7-10-16-21(14-8-4-9-15-21)22-20(24)26-17-18-11-5-3-6-12-18/h3,5-6,11-12H,2,4,7-10,13-17H2,1H3,(H,22,24). The van der Waals surface area contributed by atoms with E-state index in [1.165, 1.54) is 6.42 Å². The van der Waals surface area contributed by atoms with Gasteiger partial charge in [0.2, 0.25) is 0 Å². The van der Waals surface area contributed by atoms with Crippen molar-refractivity contribution in [3.05, 3.63) is 35.9 Å². The molecule has 0 bridgehead atoms. The first-order valence-electron chi connectivity index (χ1n) is 9.78. The Morgan fingerprint density at radius 2 is 1.77 bits per heavy atom. The summed E-state index contributed by atoms with van der Waals surface area (Å²) >= 11 is 0. The van der Waals surface area contributed by atoms with Gasteiger partial charge in [-0.15, -0.1) is 0 Å². The summed E-state index contributed by atoms with van der Waals surface area (Å²) in [6.45, 7) is 2.53. The van der Waals surface area contributed by atoms with Crippen molar-refractivity contribution in [3.63, 3.8) is 0 Å². The predicted molar refractivity (Wildman–Crippen MR) is 101 cm³/mol. The van der Waals surface area contributed by atoms with Gasteiger partial charge in [-0.1, -0.05) is 56.0 Å². The number of alkyl carbamates (subject to hydrolysis) is 1. The third-order valence-electron chi connectivity index (χ3n) is 4.98. The van der Waals surface area contributed by atoms with Gasteiger partial charge in [0.25, 0.3) is 0 Å². The number of esters is 1. The number of nitrogens with one attached hydrogen (secondary N) is 1. The Morgan fingerprint density at radius 1 is 1.04 bits per heavy atom. The molecule has 0 unspecified atom stereocenters. The number of carbonyl (C=O) groups excluding carboxylic acids is 2. The van der Waals surface area contributed by atoms with Crippen molar-refractivity contribution in [3.8, 4) is 0 Å². The first kappa shape index (κ1) is 20.3. The molecule has 5 nitrogen and oxygen atoms in total. The van der Waals surface area contributed by atoms with Gasteiger partial charge >= 0.3 is 12.1 Å². The summed E-state index contributed by atoms with van der Waals surface area (Å²) in [6, 6.07) is 9.69. The summed E-state index contributed by atoms with van der Waals surface area (Å²) < 4.78 is 10.4. The highest BCUT2D eigenvalue weighted by Gasteiger charge is 2.33. The molecule has 0 spiro atoms. The molecule has 0 heterocycles. The van der Waals surface area contributed by atoms with Crippen LogP contribution >= 0.6 is 0 Å². The second-order valence-electron chi connectivity index (χ2n) is 7.04. The van der Waals surface area contributed by atoms with Crippen LogP contribution in [-0.2, 0) is 20.9 Å². The normalized spacial score (nSPS) is 15.9. The van der Waals surface area contributed by atoms with Crippen LogP contribution in [0.4, 0.5) is 4.79 Å². The Balaban J connectivity index is 1.79. The molecule has 1 aromatic rings. The molecule has 0 aromatic heterocycles. The Bertz CT molecular complexity index is 552. The van der Waals surface area contributed by atoms with Crippen molar-refractivity contribution in [2.45, 2.75) is 76.9 Å². The van der Waals surface area contributed by atoms with E-state index in [0.717, 1.165) is 50.5 Å². The van der Waals surface area contributed by atoms with Crippen LogP contribution in [-0.4, -0.2) is 24.2 Å². The van der Waals surface area contributed by atoms with E-state index in [0.29, 0.717) is 13.0 Å². The fraction of sp³-hybridized carbons (Fsp3) is 0.619. The van der Waals surface area contributed by atoms with E-state index in [4.69, 9.17) is 9.47 Å². The van der Waals surface area contributed by atoms with Gasteiger partial charge in [0.1, 0.15) is 6.61 Å². The van der Waals surface area contributed by atoms with E-state index < -0.39 is 0 Å². The lowest BCUT2D eigenvalue weighted by Crippen LogP contribution is -2.49. The van der Waals surface area contributed by atoms with E-state index in [-0.39, 0.29) is 24.2 Å². The quantitative estimate of drug-likeness (QED) is 0.510. The number of ether oxygens (including phenoxy) is 2. The number of carbonyl (C=O) groups is 2. The maximum Gasteiger partial charge on any atom is 0.407 e. The van der Waals surface area contributed by atoms with Crippen LogP contribution in [0.15, 0.2) is 30.3 Å². The molecule has 0 aliphatic heterocycles. The fourth-order valence-corrected chi connectivity index (χ4v) is 3.61. The lowest BCUT2D eigenvalue weighted by Gasteiger charge is -2.38. The van der Waals surface area contributed by atoms with Gasteiger partial charge in [-0.3, -0.25) is 4.79 Å². The van der Waals surface area contributed by atoms with Gasteiger partial charge in [-0.2, -0.15) is 0 Å². The Labute approximate surface area is 156 Å². The molecule has 2 rings (SSSR count). The average Bonchev–Trinajstić information content (AvgIpc) is 2.65. The Kier molecular flexibility index (Phi) is 8.45. The van der Waals surface area contributed by atoms with E-state index in [1.54, 1.807) is 0 Å². The zero-order chi connectivity index (χ0) is 18.7. The molecule has 1 aliphatic rings. The largest absolute Gasteiger partial charge is 0.466 e. The minimum absolute atomic E-state index is 0.138. The highest BCUT2D eigenvalue weighted by Crippen LogP contribution is 2.33. The second kappa shape index (κ2) is 10.8. The summed E-state index contributed by atoms with van der Waals surface area (Å²) in [5, 5.41) is 3.14. The number of amides is 1. The topological polar surface area (TPSA) is 64.6 Å². The molecule has 0 radical (unpaired) electrons. The molecule has 1 N–H and O–H groups in total. The van der Waals surface area contributed by atoms with Crippen LogP contribution in [0.3, 0.4) is 0 Å². The van der Waals surface area contributed by atoms with Crippen molar-refractivity contribution in [2.75, 3.05) is 6.61 Å². The number of rotatable bonds is 9. The summed E-state index contributed by atoms with van der Waals surface area (Å²) in [5.74, 6) is -0.138. The smallest absolute Gasteiger partial charge is 0.407 e. The molecular formula is C21H31NO4. The Hall–Kier alpha value is -2.04. The molecule has 1 amide bonds. The van der Waals surface area contributed by atoms with Gasteiger partial charge < -0.3 is 14.8 Å². The maximum atomic E-state index is 12.3. The molecule has 1 saturated carbocycles. The Morgan fingerprint density at radius 3 is 2.46 bits per heavy atom. The molecular weight excluding hydrogens is 330 g/mol. The number of hydrogen-bond acceptors (Lipinski definition) is 4. The monoisotopic (exact) mass is 361 g/mol. The summed E-state index contributed by atoms with van der Waals surface area (Å²) in [7, 11) is 0. The van der Waals surface area contributed by atoms with Gasteiger partial charge in [0.05, 0.1) is 6.61 Å². The minimum Gasteiger partial charge on any atom is -0.466 e. The zero-order valence-electron chi connectivity index (χ0n) is 15.8. The van der Waals surface area contributed by atoms with Crippen LogP contribution in [0.2, 0.25) is 0 Å². The summed E-state index contributed by atoms with van der Waals surface area (Å²) in [6.07, 6.45) is 8.09. The second-order valence-corrected chi connectivity index (χ2v) is 7.04. The fourth-order valence-electron chi connectivity index (χ4n) is 3.61. The van der Waals surface area contributed by atoms with Crippen LogP contribution in [0.1, 0.15) is 70.3 Å². The molecule has 0 saturated heterocycles. The van der Waals surface area contributed by atoms with Crippen LogP contribution in [0.25, 0.3) is 0 Å². The summed E-state index contributed by atoms with van der Waals surface area (Å²) in [4.78, 5) is 23.8. The molecule has 144 valence electrons. The summed E-state index contributed by atoms with van der Waals surface area (Å²) in [5.41, 5.74) is 0.788. The molecule has 26 heavy (non-hydrogen) atoms. The van der Waals surface area contributed by atoms with Crippen molar-refractivity contribution in [2.24, 2.45) is 0 Å². The molecule has 5 heteroatoms. The van der Waals surface area contributed by atoms with Crippen molar-refractivity contribution in [1.82, 2.24) is 5.32 Å². The highest BCUT2D eigenvalue weighted by molar-refractivity contribution is 5.69.